The van der Waals surface area contributed by atoms with Crippen molar-refractivity contribution in [2.24, 2.45) is 0 Å². The molecule has 1 rings (SSSR count). The molecule has 1 amide bonds. The fourth-order valence-corrected chi connectivity index (χ4v) is 2.06. The maximum absolute atomic E-state index is 13.5. The van der Waals surface area contributed by atoms with Crippen LogP contribution in [0.3, 0.4) is 0 Å². The molecule has 0 bridgehead atoms. The van der Waals surface area contributed by atoms with Crippen LogP contribution in [0.5, 0.6) is 0 Å². The maximum atomic E-state index is 13.5. The van der Waals surface area contributed by atoms with E-state index in [4.69, 9.17) is 4.74 Å². The Balaban J connectivity index is 2.75. The van der Waals surface area contributed by atoms with Crippen LogP contribution in [0.25, 0.3) is 0 Å². The van der Waals surface area contributed by atoms with Gasteiger partial charge in [-0.15, -0.1) is 0 Å². The lowest BCUT2D eigenvalue weighted by molar-refractivity contribution is -0.130. The van der Waals surface area contributed by atoms with Crippen LogP contribution in [0.4, 0.5) is 8.78 Å². The number of halogens is 3. The summed E-state index contributed by atoms with van der Waals surface area (Å²) in [5.41, 5.74) is -0.190. The fourth-order valence-electron chi connectivity index (χ4n) is 1.63. The molecule has 3 nitrogen and oxygen atoms in total. The van der Waals surface area contributed by atoms with Gasteiger partial charge >= 0.3 is 0 Å². The highest BCUT2D eigenvalue weighted by Crippen LogP contribution is 2.13. The number of rotatable bonds is 7. The average Bonchev–Trinajstić information content (AvgIpc) is 2.38. The minimum Gasteiger partial charge on any atom is -0.383 e. The number of nitrogens with zero attached hydrogens (tertiary/aromatic N) is 1. The first-order valence-electron chi connectivity index (χ1n) is 5.85. The number of carbonyl (C=O) groups is 1. The van der Waals surface area contributed by atoms with Crippen LogP contribution in [-0.4, -0.2) is 42.9 Å². The molecular weight excluding hydrogens is 320 g/mol. The molecule has 0 unspecified atom stereocenters. The third-order valence-corrected chi connectivity index (χ3v) is 3.02. The molecule has 0 aliphatic carbocycles. The van der Waals surface area contributed by atoms with E-state index in [0.717, 1.165) is 12.1 Å². The van der Waals surface area contributed by atoms with Gasteiger partial charge in [-0.3, -0.25) is 4.79 Å². The first-order chi connectivity index (χ1) is 9.10. The van der Waals surface area contributed by atoms with E-state index in [-0.39, 0.29) is 17.9 Å². The molecule has 0 saturated carbocycles. The maximum Gasteiger partial charge on any atom is 0.227 e. The number of benzene rings is 1. The molecule has 1 aromatic carbocycles. The van der Waals surface area contributed by atoms with Gasteiger partial charge in [0.1, 0.15) is 11.6 Å². The van der Waals surface area contributed by atoms with Gasteiger partial charge < -0.3 is 9.64 Å². The molecule has 0 N–H and O–H groups in total. The molecule has 0 fully saturated rings. The Hall–Kier alpha value is -1.01. The van der Waals surface area contributed by atoms with Gasteiger partial charge in [0, 0.05) is 31.1 Å². The first kappa shape index (κ1) is 16.0. The molecule has 0 aliphatic rings. The minimum atomic E-state index is -0.695. The molecular formula is C13H16BrF2NO2. The summed E-state index contributed by atoms with van der Waals surface area (Å²) in [5, 5.41) is 0.599. The number of hydrogen-bond acceptors (Lipinski definition) is 2. The van der Waals surface area contributed by atoms with Crippen LogP contribution >= 0.6 is 15.9 Å². The van der Waals surface area contributed by atoms with E-state index >= 15 is 0 Å². The van der Waals surface area contributed by atoms with Crippen molar-refractivity contribution in [1.82, 2.24) is 4.90 Å². The third-order valence-electron chi connectivity index (χ3n) is 2.66. The van der Waals surface area contributed by atoms with Gasteiger partial charge in [-0.25, -0.2) is 8.78 Å². The number of ether oxygens (including phenoxy) is 1. The standard InChI is InChI=1S/C13H16BrF2NO2/c1-19-8-7-17(6-5-14)13(18)9-10-11(15)3-2-4-12(10)16/h2-4H,5-9H2,1H3. The molecule has 0 aliphatic heterocycles. The van der Waals surface area contributed by atoms with Gasteiger partial charge in [-0.1, -0.05) is 22.0 Å². The molecule has 0 atom stereocenters. The summed E-state index contributed by atoms with van der Waals surface area (Å²) in [7, 11) is 1.54. The van der Waals surface area contributed by atoms with Crippen molar-refractivity contribution in [2.45, 2.75) is 6.42 Å². The minimum absolute atomic E-state index is 0.190. The van der Waals surface area contributed by atoms with Crippen LogP contribution in [0, 0.1) is 11.6 Å². The largest absolute Gasteiger partial charge is 0.383 e. The summed E-state index contributed by atoms with van der Waals surface area (Å²) in [6, 6.07) is 3.57. The van der Waals surface area contributed by atoms with Gasteiger partial charge in [0.15, 0.2) is 0 Å². The Morgan fingerprint density at radius 2 is 1.95 bits per heavy atom. The van der Waals surface area contributed by atoms with Crippen molar-refractivity contribution >= 4 is 21.8 Å². The van der Waals surface area contributed by atoms with Crippen molar-refractivity contribution in [3.8, 4) is 0 Å². The lowest BCUT2D eigenvalue weighted by Gasteiger charge is -2.21. The predicted molar refractivity (Wildman–Crippen MR) is 72.3 cm³/mol. The number of methoxy groups -OCH3 is 1. The van der Waals surface area contributed by atoms with Gasteiger partial charge in [0.05, 0.1) is 13.0 Å². The zero-order valence-corrected chi connectivity index (χ0v) is 12.3. The van der Waals surface area contributed by atoms with E-state index in [0.29, 0.717) is 25.0 Å². The smallest absolute Gasteiger partial charge is 0.227 e. The molecule has 0 saturated heterocycles. The SMILES string of the molecule is COCCN(CCBr)C(=O)Cc1c(F)cccc1F. The van der Waals surface area contributed by atoms with Crippen LogP contribution in [0.15, 0.2) is 18.2 Å². The lowest BCUT2D eigenvalue weighted by atomic mass is 10.1. The highest BCUT2D eigenvalue weighted by Gasteiger charge is 2.17. The highest BCUT2D eigenvalue weighted by molar-refractivity contribution is 9.09. The second-order valence-electron chi connectivity index (χ2n) is 3.94. The number of alkyl halides is 1. The topological polar surface area (TPSA) is 29.5 Å². The molecule has 1 aromatic rings. The Kier molecular flexibility index (Phi) is 6.94. The van der Waals surface area contributed by atoms with Gasteiger partial charge in [0.25, 0.3) is 0 Å². The quantitative estimate of drug-likeness (QED) is 0.716. The molecule has 6 heteroatoms. The summed E-state index contributed by atoms with van der Waals surface area (Å²) >= 11 is 3.24. The van der Waals surface area contributed by atoms with Gasteiger partial charge in [-0.05, 0) is 12.1 Å². The number of amides is 1. The van der Waals surface area contributed by atoms with Gasteiger partial charge in [0.2, 0.25) is 5.91 Å². The van der Waals surface area contributed by atoms with Crippen molar-refractivity contribution in [1.29, 1.82) is 0 Å². The summed E-state index contributed by atoms with van der Waals surface area (Å²) < 4.78 is 31.8. The molecule has 0 radical (unpaired) electrons. The van der Waals surface area contributed by atoms with E-state index in [1.807, 2.05) is 0 Å². The van der Waals surface area contributed by atoms with Crippen molar-refractivity contribution in [3.05, 3.63) is 35.4 Å². The average molecular weight is 336 g/mol. The Bertz CT molecular complexity index is 409. The van der Waals surface area contributed by atoms with E-state index in [1.54, 1.807) is 0 Å². The van der Waals surface area contributed by atoms with Crippen molar-refractivity contribution in [2.75, 3.05) is 32.1 Å². The molecule has 19 heavy (non-hydrogen) atoms. The van der Waals surface area contributed by atoms with Crippen molar-refractivity contribution < 1.29 is 18.3 Å². The van der Waals surface area contributed by atoms with E-state index < -0.39 is 11.6 Å². The molecule has 0 spiro atoms. The first-order valence-corrected chi connectivity index (χ1v) is 6.97. The second kappa shape index (κ2) is 8.22. The summed E-state index contributed by atoms with van der Waals surface area (Å²) in [5.74, 6) is -1.71. The molecule has 0 aromatic heterocycles. The van der Waals surface area contributed by atoms with E-state index in [9.17, 15) is 13.6 Å². The second-order valence-corrected chi connectivity index (χ2v) is 4.73. The zero-order chi connectivity index (χ0) is 14.3. The summed E-state index contributed by atoms with van der Waals surface area (Å²) in [6.45, 7) is 1.26. The van der Waals surface area contributed by atoms with Crippen LogP contribution in [-0.2, 0) is 16.0 Å². The Morgan fingerprint density at radius 1 is 1.32 bits per heavy atom. The van der Waals surface area contributed by atoms with E-state index in [1.165, 1.54) is 18.1 Å². The van der Waals surface area contributed by atoms with E-state index in [2.05, 4.69) is 15.9 Å². The number of carbonyl (C=O) groups excluding carboxylic acids is 1. The van der Waals surface area contributed by atoms with Gasteiger partial charge in [-0.2, -0.15) is 0 Å². The monoisotopic (exact) mass is 335 g/mol. The Labute approximate surface area is 119 Å². The van der Waals surface area contributed by atoms with Crippen LogP contribution in [0.1, 0.15) is 5.56 Å². The lowest BCUT2D eigenvalue weighted by Crippen LogP contribution is -2.36. The molecule has 0 heterocycles. The summed E-state index contributed by atoms with van der Waals surface area (Å²) in [4.78, 5) is 13.5. The van der Waals surface area contributed by atoms with Crippen LogP contribution in [0.2, 0.25) is 0 Å². The van der Waals surface area contributed by atoms with Crippen molar-refractivity contribution in [3.63, 3.8) is 0 Å². The predicted octanol–water partition coefficient (Wildman–Crippen LogP) is 2.38. The molecule has 106 valence electrons. The third kappa shape index (κ3) is 4.87. The zero-order valence-electron chi connectivity index (χ0n) is 10.7. The Morgan fingerprint density at radius 3 is 2.47 bits per heavy atom. The fraction of sp³-hybridized carbons (Fsp3) is 0.462. The summed E-state index contributed by atoms with van der Waals surface area (Å²) in [6.07, 6.45) is -0.283. The normalized spacial score (nSPS) is 10.5. The highest BCUT2D eigenvalue weighted by atomic mass is 79.9. The number of hydrogen-bond donors (Lipinski definition) is 0. The van der Waals surface area contributed by atoms with Crippen LogP contribution < -0.4 is 0 Å².